The van der Waals surface area contributed by atoms with Gasteiger partial charge in [-0.3, -0.25) is 0 Å². The van der Waals surface area contributed by atoms with Crippen molar-refractivity contribution in [3.8, 4) is 0 Å². The van der Waals surface area contributed by atoms with Gasteiger partial charge in [-0.1, -0.05) is 18.5 Å². The Hall–Kier alpha value is -1.13. The zero-order valence-corrected chi connectivity index (χ0v) is 12.3. The van der Waals surface area contributed by atoms with Gasteiger partial charge in [-0.15, -0.1) is 11.3 Å². The smallest absolute Gasteiger partial charge is 0.137 e. The highest BCUT2D eigenvalue weighted by Gasteiger charge is 2.12. The number of aryl methyl sites for hydroxylation is 1. The molecule has 0 aromatic carbocycles. The van der Waals surface area contributed by atoms with E-state index >= 15 is 0 Å². The van der Waals surface area contributed by atoms with Crippen LogP contribution < -0.4 is 5.32 Å². The minimum atomic E-state index is 0.222. The maximum absolute atomic E-state index is 6.07. The van der Waals surface area contributed by atoms with E-state index in [2.05, 4.69) is 48.2 Å². The Morgan fingerprint density at radius 1 is 1.39 bits per heavy atom. The Morgan fingerprint density at radius 2 is 2.17 bits per heavy atom. The molecule has 0 saturated heterocycles. The first-order valence-electron chi connectivity index (χ1n) is 5.94. The molecule has 1 atom stereocenters. The fourth-order valence-electron chi connectivity index (χ4n) is 1.79. The Balaban J connectivity index is 2.21. The first kappa shape index (κ1) is 13.3. The lowest BCUT2D eigenvalue weighted by atomic mass is 10.2. The molecule has 1 N–H and O–H groups in total. The summed E-state index contributed by atoms with van der Waals surface area (Å²) >= 11 is 7.87. The molecule has 2 aromatic heterocycles. The molecule has 0 aliphatic rings. The predicted octanol–water partition coefficient (Wildman–Crippen LogP) is 4.24. The summed E-state index contributed by atoms with van der Waals surface area (Å²) in [4.78, 5) is 10.9. The van der Waals surface area contributed by atoms with Crippen molar-refractivity contribution in [2.45, 2.75) is 33.2 Å². The van der Waals surface area contributed by atoms with Crippen LogP contribution in [0.2, 0.25) is 5.15 Å². The molecule has 0 spiro atoms. The van der Waals surface area contributed by atoms with Crippen molar-refractivity contribution >= 4 is 28.8 Å². The van der Waals surface area contributed by atoms with E-state index in [1.165, 1.54) is 16.1 Å². The van der Waals surface area contributed by atoms with E-state index in [1.807, 2.05) is 0 Å². The normalized spacial score (nSPS) is 12.4. The number of nitrogens with one attached hydrogen (secondary N) is 1. The molecular formula is C13H16ClN3S. The molecule has 0 radical (unpaired) electrons. The van der Waals surface area contributed by atoms with Gasteiger partial charge in [0.15, 0.2) is 0 Å². The second-order valence-electron chi connectivity index (χ2n) is 4.16. The first-order valence-corrected chi connectivity index (χ1v) is 7.13. The van der Waals surface area contributed by atoms with Gasteiger partial charge in [0.2, 0.25) is 0 Å². The number of aromatic nitrogens is 2. The molecule has 0 bridgehead atoms. The molecule has 3 nitrogen and oxygen atoms in total. The van der Waals surface area contributed by atoms with Crippen molar-refractivity contribution in [2.24, 2.45) is 0 Å². The van der Waals surface area contributed by atoms with Crippen molar-refractivity contribution < 1.29 is 0 Å². The van der Waals surface area contributed by atoms with Crippen LogP contribution in [-0.4, -0.2) is 9.97 Å². The van der Waals surface area contributed by atoms with Crippen molar-refractivity contribution in [1.29, 1.82) is 0 Å². The van der Waals surface area contributed by atoms with E-state index in [0.717, 1.165) is 17.8 Å². The number of rotatable bonds is 4. The van der Waals surface area contributed by atoms with E-state index in [-0.39, 0.29) is 6.04 Å². The number of thiophene rings is 1. The molecule has 96 valence electrons. The average Bonchev–Trinajstić information content (AvgIpc) is 2.76. The highest BCUT2D eigenvalue weighted by atomic mass is 35.5. The minimum Gasteiger partial charge on any atom is -0.362 e. The van der Waals surface area contributed by atoms with Gasteiger partial charge in [0.05, 0.1) is 6.04 Å². The number of nitrogens with zero attached hydrogens (tertiary/aromatic N) is 2. The largest absolute Gasteiger partial charge is 0.362 e. The van der Waals surface area contributed by atoms with Crippen LogP contribution in [0.25, 0.3) is 0 Å². The molecule has 0 amide bonds. The van der Waals surface area contributed by atoms with E-state index in [1.54, 1.807) is 11.3 Å². The van der Waals surface area contributed by atoms with Gasteiger partial charge < -0.3 is 5.32 Å². The standard InChI is InChI=1S/C13H16ClN3S/c1-4-10-12(14)15-7-16-13(10)17-9(3)11-6-5-8(2)18-11/h5-7,9H,4H2,1-3H3,(H,15,16,17). The lowest BCUT2D eigenvalue weighted by Gasteiger charge is -2.15. The molecule has 0 aliphatic heterocycles. The van der Waals surface area contributed by atoms with Gasteiger partial charge in [-0.05, 0) is 32.4 Å². The molecule has 2 heterocycles. The van der Waals surface area contributed by atoms with Crippen LogP contribution in [-0.2, 0) is 6.42 Å². The molecule has 2 rings (SSSR count). The Morgan fingerprint density at radius 3 is 2.78 bits per heavy atom. The third kappa shape index (κ3) is 2.82. The van der Waals surface area contributed by atoms with Gasteiger partial charge in [0.1, 0.15) is 17.3 Å². The van der Waals surface area contributed by atoms with Crippen LogP contribution in [0.5, 0.6) is 0 Å². The molecule has 5 heteroatoms. The first-order chi connectivity index (χ1) is 8.61. The molecule has 0 saturated carbocycles. The second kappa shape index (κ2) is 5.67. The summed E-state index contributed by atoms with van der Waals surface area (Å²) in [5.41, 5.74) is 0.972. The van der Waals surface area contributed by atoms with Crippen LogP contribution in [0.1, 0.15) is 35.2 Å². The molecular weight excluding hydrogens is 266 g/mol. The highest BCUT2D eigenvalue weighted by molar-refractivity contribution is 7.12. The molecule has 0 aliphatic carbocycles. The van der Waals surface area contributed by atoms with Gasteiger partial charge in [-0.25, -0.2) is 9.97 Å². The van der Waals surface area contributed by atoms with Crippen LogP contribution in [0, 0.1) is 6.92 Å². The zero-order valence-electron chi connectivity index (χ0n) is 10.7. The van der Waals surface area contributed by atoms with Crippen molar-refractivity contribution in [2.75, 3.05) is 5.32 Å². The molecule has 1 unspecified atom stereocenters. The number of anilines is 1. The van der Waals surface area contributed by atoms with Gasteiger partial charge in [-0.2, -0.15) is 0 Å². The summed E-state index contributed by atoms with van der Waals surface area (Å²) in [5, 5.41) is 3.94. The minimum absolute atomic E-state index is 0.222. The van der Waals surface area contributed by atoms with Gasteiger partial charge in [0.25, 0.3) is 0 Å². The number of halogens is 1. The predicted molar refractivity (Wildman–Crippen MR) is 77.5 cm³/mol. The molecule has 18 heavy (non-hydrogen) atoms. The number of hydrogen-bond acceptors (Lipinski definition) is 4. The Labute approximate surface area is 116 Å². The molecule has 0 fully saturated rings. The van der Waals surface area contributed by atoms with Gasteiger partial charge in [0, 0.05) is 15.3 Å². The SMILES string of the molecule is CCc1c(Cl)ncnc1NC(C)c1ccc(C)s1. The fourth-order valence-corrected chi connectivity index (χ4v) is 2.94. The van der Waals surface area contributed by atoms with Crippen molar-refractivity contribution in [1.82, 2.24) is 9.97 Å². The van der Waals surface area contributed by atoms with Crippen LogP contribution in [0.4, 0.5) is 5.82 Å². The summed E-state index contributed by atoms with van der Waals surface area (Å²) in [6, 6.07) is 4.50. The third-order valence-corrected chi connectivity index (χ3v) is 4.30. The lowest BCUT2D eigenvalue weighted by molar-refractivity contribution is 0.881. The van der Waals surface area contributed by atoms with Crippen LogP contribution in [0.3, 0.4) is 0 Å². The Bertz CT molecular complexity index is 539. The van der Waals surface area contributed by atoms with Crippen molar-refractivity contribution in [3.63, 3.8) is 0 Å². The number of hydrogen-bond donors (Lipinski definition) is 1. The summed E-state index contributed by atoms with van der Waals surface area (Å²) in [6.45, 7) is 6.29. The molecule has 2 aromatic rings. The maximum Gasteiger partial charge on any atom is 0.137 e. The van der Waals surface area contributed by atoms with Crippen LogP contribution >= 0.6 is 22.9 Å². The second-order valence-corrected chi connectivity index (χ2v) is 5.84. The highest BCUT2D eigenvalue weighted by Crippen LogP contribution is 2.28. The lowest BCUT2D eigenvalue weighted by Crippen LogP contribution is -2.09. The van der Waals surface area contributed by atoms with Gasteiger partial charge >= 0.3 is 0 Å². The fraction of sp³-hybridized carbons (Fsp3) is 0.385. The quantitative estimate of drug-likeness (QED) is 0.852. The Kier molecular flexibility index (Phi) is 4.19. The van der Waals surface area contributed by atoms with Crippen LogP contribution in [0.15, 0.2) is 18.5 Å². The zero-order chi connectivity index (χ0) is 13.1. The van der Waals surface area contributed by atoms with Crippen molar-refractivity contribution in [3.05, 3.63) is 38.9 Å². The third-order valence-electron chi connectivity index (χ3n) is 2.79. The van der Waals surface area contributed by atoms with E-state index in [9.17, 15) is 0 Å². The maximum atomic E-state index is 6.07. The summed E-state index contributed by atoms with van der Waals surface area (Å²) in [6.07, 6.45) is 2.31. The van der Waals surface area contributed by atoms with E-state index in [0.29, 0.717) is 5.15 Å². The van der Waals surface area contributed by atoms with E-state index in [4.69, 9.17) is 11.6 Å². The monoisotopic (exact) mass is 281 g/mol. The topological polar surface area (TPSA) is 37.8 Å². The summed E-state index contributed by atoms with van der Waals surface area (Å²) in [7, 11) is 0. The summed E-state index contributed by atoms with van der Waals surface area (Å²) in [5.74, 6) is 0.830. The van der Waals surface area contributed by atoms with E-state index < -0.39 is 0 Å². The summed E-state index contributed by atoms with van der Waals surface area (Å²) < 4.78 is 0. The average molecular weight is 282 g/mol.